The van der Waals surface area contributed by atoms with Crippen LogP contribution in [0, 0.1) is 5.92 Å². The van der Waals surface area contributed by atoms with Crippen LogP contribution < -0.4 is 0 Å². The first-order chi connectivity index (χ1) is 11.0. The molecule has 1 aromatic heterocycles. The number of carbonyl (C=O) groups is 2. The van der Waals surface area contributed by atoms with E-state index in [1.807, 2.05) is 49.4 Å². The molecule has 2 atom stereocenters. The minimum Gasteiger partial charge on any atom is -0.336 e. The minimum atomic E-state index is -0.113. The molecule has 0 bridgehead atoms. The topological polar surface area (TPSA) is 53.5 Å². The summed E-state index contributed by atoms with van der Waals surface area (Å²) in [6.07, 6.45) is 0.892. The van der Waals surface area contributed by atoms with Crippen molar-refractivity contribution in [2.24, 2.45) is 5.92 Å². The molecular formula is C17H21N3O2S. The highest BCUT2D eigenvalue weighted by Gasteiger charge is 2.35. The van der Waals surface area contributed by atoms with Crippen molar-refractivity contribution in [3.8, 4) is 0 Å². The van der Waals surface area contributed by atoms with Gasteiger partial charge in [0.05, 0.1) is 21.8 Å². The molecule has 0 radical (unpaired) electrons. The number of fused-ring (bicyclic) bond motifs is 1. The second-order valence-corrected chi connectivity index (χ2v) is 7.28. The number of hydrogen-bond donors (Lipinski definition) is 0. The molecule has 3 rings (SSSR count). The zero-order valence-electron chi connectivity index (χ0n) is 13.6. The largest absolute Gasteiger partial charge is 0.336 e. The maximum Gasteiger partial charge on any atom is 0.225 e. The van der Waals surface area contributed by atoms with Gasteiger partial charge in [0.25, 0.3) is 0 Å². The standard InChI is InChI=1S/C17H21N3O2S/c1-11(2)17(22)20-8-15(19(10-21)7-12(20)3)13-4-5-16-14(6-13)18-9-23-16/h4-6,9-12,15H,7-8H2,1-3H3/t12?,15-/m1/s1. The second-order valence-electron chi connectivity index (χ2n) is 6.39. The lowest BCUT2D eigenvalue weighted by Gasteiger charge is -2.44. The van der Waals surface area contributed by atoms with Crippen LogP contribution in [0.15, 0.2) is 23.7 Å². The van der Waals surface area contributed by atoms with Crippen LogP contribution in [0.5, 0.6) is 0 Å². The van der Waals surface area contributed by atoms with E-state index in [2.05, 4.69) is 4.98 Å². The molecule has 122 valence electrons. The summed E-state index contributed by atoms with van der Waals surface area (Å²) in [5.41, 5.74) is 3.80. The molecule has 23 heavy (non-hydrogen) atoms. The smallest absolute Gasteiger partial charge is 0.225 e. The van der Waals surface area contributed by atoms with Crippen molar-refractivity contribution in [3.63, 3.8) is 0 Å². The molecule has 0 spiro atoms. The summed E-state index contributed by atoms with van der Waals surface area (Å²) in [7, 11) is 0. The number of rotatable bonds is 3. The van der Waals surface area contributed by atoms with E-state index in [1.54, 1.807) is 16.2 Å². The Morgan fingerprint density at radius 1 is 1.39 bits per heavy atom. The Hall–Kier alpha value is -1.95. The van der Waals surface area contributed by atoms with Crippen LogP contribution in [-0.2, 0) is 9.59 Å². The van der Waals surface area contributed by atoms with E-state index in [0.29, 0.717) is 13.1 Å². The number of amides is 2. The summed E-state index contributed by atoms with van der Waals surface area (Å²) >= 11 is 1.60. The normalized spacial score (nSPS) is 21.9. The molecule has 6 heteroatoms. The molecule has 0 aliphatic carbocycles. The van der Waals surface area contributed by atoms with Gasteiger partial charge in [0, 0.05) is 25.0 Å². The molecule has 1 saturated heterocycles. The predicted molar refractivity (Wildman–Crippen MR) is 91.1 cm³/mol. The molecule has 0 saturated carbocycles. The Balaban J connectivity index is 1.93. The number of piperazine rings is 1. The van der Waals surface area contributed by atoms with E-state index in [-0.39, 0.29) is 23.9 Å². The van der Waals surface area contributed by atoms with Gasteiger partial charge < -0.3 is 9.80 Å². The molecule has 2 heterocycles. The summed E-state index contributed by atoms with van der Waals surface area (Å²) in [6, 6.07) is 6.03. The quantitative estimate of drug-likeness (QED) is 0.813. The van der Waals surface area contributed by atoms with Gasteiger partial charge in [-0.15, -0.1) is 11.3 Å². The first kappa shape index (κ1) is 15.9. The van der Waals surface area contributed by atoms with Gasteiger partial charge in [0.2, 0.25) is 12.3 Å². The van der Waals surface area contributed by atoms with Gasteiger partial charge in [0.1, 0.15) is 0 Å². The van der Waals surface area contributed by atoms with Crippen LogP contribution in [0.25, 0.3) is 10.2 Å². The van der Waals surface area contributed by atoms with Gasteiger partial charge in [-0.1, -0.05) is 19.9 Å². The summed E-state index contributed by atoms with van der Waals surface area (Å²) in [4.78, 5) is 32.0. The van der Waals surface area contributed by atoms with Gasteiger partial charge in [-0.2, -0.15) is 0 Å². The minimum absolute atomic E-state index is 0.0364. The maximum atomic E-state index is 12.5. The van der Waals surface area contributed by atoms with Crippen molar-refractivity contribution in [2.75, 3.05) is 13.1 Å². The van der Waals surface area contributed by atoms with E-state index in [9.17, 15) is 9.59 Å². The summed E-state index contributed by atoms with van der Waals surface area (Å²) in [5, 5.41) is 0. The summed E-state index contributed by atoms with van der Waals surface area (Å²) in [6.45, 7) is 6.92. The molecule has 5 nitrogen and oxygen atoms in total. The van der Waals surface area contributed by atoms with Crippen LogP contribution in [0.1, 0.15) is 32.4 Å². The molecule has 1 aromatic carbocycles. The van der Waals surface area contributed by atoms with E-state index in [4.69, 9.17) is 0 Å². The molecule has 1 fully saturated rings. The highest BCUT2D eigenvalue weighted by Crippen LogP contribution is 2.30. The van der Waals surface area contributed by atoms with Crippen molar-refractivity contribution in [3.05, 3.63) is 29.3 Å². The Labute approximate surface area is 139 Å². The van der Waals surface area contributed by atoms with Crippen LogP contribution in [0.3, 0.4) is 0 Å². The first-order valence-corrected chi connectivity index (χ1v) is 8.74. The number of nitrogens with zero attached hydrogens (tertiary/aromatic N) is 3. The maximum absolute atomic E-state index is 12.5. The van der Waals surface area contributed by atoms with E-state index < -0.39 is 0 Å². The molecular weight excluding hydrogens is 310 g/mol. The third kappa shape index (κ3) is 2.95. The third-order valence-electron chi connectivity index (χ3n) is 4.43. The number of aromatic nitrogens is 1. The summed E-state index contributed by atoms with van der Waals surface area (Å²) in [5.74, 6) is 0.102. The van der Waals surface area contributed by atoms with E-state index in [0.717, 1.165) is 22.2 Å². The SMILES string of the molecule is CC(C)C(=O)N1C[C@H](c2ccc3scnc3c2)N(C=O)CC1C. The van der Waals surface area contributed by atoms with Crippen LogP contribution in [0.2, 0.25) is 0 Å². The van der Waals surface area contributed by atoms with E-state index in [1.165, 1.54) is 0 Å². The number of hydrogen-bond acceptors (Lipinski definition) is 4. The number of carbonyl (C=O) groups excluding carboxylic acids is 2. The molecule has 1 unspecified atom stereocenters. The van der Waals surface area contributed by atoms with Gasteiger partial charge in [0.15, 0.2) is 0 Å². The Kier molecular flexibility index (Phi) is 4.35. The number of thiazole rings is 1. The van der Waals surface area contributed by atoms with Crippen molar-refractivity contribution in [2.45, 2.75) is 32.9 Å². The molecule has 1 aliphatic rings. The average molecular weight is 331 g/mol. The molecule has 0 N–H and O–H groups in total. The zero-order chi connectivity index (χ0) is 16.6. The van der Waals surface area contributed by atoms with Gasteiger partial charge in [-0.3, -0.25) is 9.59 Å². The van der Waals surface area contributed by atoms with Gasteiger partial charge in [-0.05, 0) is 24.6 Å². The van der Waals surface area contributed by atoms with Crippen LogP contribution in [-0.4, -0.2) is 46.2 Å². The fourth-order valence-electron chi connectivity index (χ4n) is 3.14. The average Bonchev–Trinajstić information content (AvgIpc) is 3.01. The lowest BCUT2D eigenvalue weighted by Crippen LogP contribution is -2.55. The fourth-order valence-corrected chi connectivity index (χ4v) is 3.80. The van der Waals surface area contributed by atoms with Gasteiger partial charge >= 0.3 is 0 Å². The Morgan fingerprint density at radius 2 is 2.17 bits per heavy atom. The molecule has 1 aliphatic heterocycles. The molecule has 2 aromatic rings. The van der Waals surface area contributed by atoms with Crippen molar-refractivity contribution >= 4 is 33.9 Å². The summed E-state index contributed by atoms with van der Waals surface area (Å²) < 4.78 is 1.13. The van der Waals surface area contributed by atoms with Gasteiger partial charge in [-0.25, -0.2) is 4.98 Å². The third-order valence-corrected chi connectivity index (χ3v) is 5.24. The second kappa shape index (κ2) is 6.28. The van der Waals surface area contributed by atoms with Crippen molar-refractivity contribution in [1.82, 2.24) is 14.8 Å². The first-order valence-electron chi connectivity index (χ1n) is 7.86. The van der Waals surface area contributed by atoms with Crippen LogP contribution in [0.4, 0.5) is 0 Å². The lowest BCUT2D eigenvalue weighted by atomic mass is 9.98. The highest BCUT2D eigenvalue weighted by atomic mass is 32.1. The monoisotopic (exact) mass is 331 g/mol. The Bertz CT molecular complexity index is 727. The molecule has 2 amide bonds. The highest BCUT2D eigenvalue weighted by molar-refractivity contribution is 7.16. The fraction of sp³-hybridized carbons (Fsp3) is 0.471. The number of benzene rings is 1. The predicted octanol–water partition coefficient (Wildman–Crippen LogP) is 2.68. The zero-order valence-corrected chi connectivity index (χ0v) is 14.4. The van der Waals surface area contributed by atoms with Crippen LogP contribution >= 0.6 is 11.3 Å². The van der Waals surface area contributed by atoms with Crippen molar-refractivity contribution < 1.29 is 9.59 Å². The van der Waals surface area contributed by atoms with E-state index >= 15 is 0 Å². The van der Waals surface area contributed by atoms with Crippen molar-refractivity contribution in [1.29, 1.82) is 0 Å². The Morgan fingerprint density at radius 3 is 2.87 bits per heavy atom. The lowest BCUT2D eigenvalue weighted by molar-refractivity contribution is -0.143.